The second-order valence-electron chi connectivity index (χ2n) is 6.83. The molecule has 0 fully saturated rings. The Hall–Kier alpha value is -2.65. The number of hydrogen-bond acceptors (Lipinski definition) is 6. The maximum atomic E-state index is 13.0. The Morgan fingerprint density at radius 2 is 1.86 bits per heavy atom. The molecule has 2 aromatic carbocycles. The van der Waals surface area contributed by atoms with Crippen LogP contribution in [0.3, 0.4) is 0 Å². The number of halogens is 1. The Morgan fingerprint density at radius 1 is 1.10 bits per heavy atom. The number of carbonyl (C=O) groups is 1. The average Bonchev–Trinajstić information content (AvgIpc) is 3.36. The number of anilines is 1. The van der Waals surface area contributed by atoms with Gasteiger partial charge in [-0.05, 0) is 66.8 Å². The van der Waals surface area contributed by atoms with Crippen LogP contribution in [0.1, 0.15) is 24.0 Å². The van der Waals surface area contributed by atoms with E-state index in [1.54, 1.807) is 24.3 Å². The summed E-state index contributed by atoms with van der Waals surface area (Å²) in [5.74, 6) is -0.712. The summed E-state index contributed by atoms with van der Waals surface area (Å²) in [5, 5.41) is 2.84. The Morgan fingerprint density at radius 3 is 2.66 bits per heavy atom. The molecule has 0 bridgehead atoms. The summed E-state index contributed by atoms with van der Waals surface area (Å²) >= 11 is 0.984. The van der Waals surface area contributed by atoms with Crippen molar-refractivity contribution in [2.75, 3.05) is 11.1 Å². The molecule has 1 aromatic heterocycles. The second kappa shape index (κ2) is 8.00. The molecule has 1 amide bonds. The minimum Gasteiger partial charge on any atom is -0.301 e. The molecule has 0 saturated carbocycles. The quantitative estimate of drug-likeness (QED) is 0.644. The highest BCUT2D eigenvalue weighted by molar-refractivity contribution is 7.91. The molecule has 0 spiro atoms. The first-order valence-electron chi connectivity index (χ1n) is 9.15. The maximum absolute atomic E-state index is 13.0. The Balaban J connectivity index is 1.37. The Kier molecular flexibility index (Phi) is 5.42. The van der Waals surface area contributed by atoms with E-state index in [1.807, 2.05) is 6.07 Å². The summed E-state index contributed by atoms with van der Waals surface area (Å²) in [4.78, 5) is 16.6. The van der Waals surface area contributed by atoms with E-state index in [4.69, 9.17) is 0 Å². The van der Waals surface area contributed by atoms with Crippen LogP contribution in [0.5, 0.6) is 0 Å². The number of hydrogen-bond donors (Lipinski definition) is 1. The SMILES string of the molecule is O=C(CCS(=O)(=O)c1ccc2c(c1)CCC2)Nc1nc(-c2ccc(F)cc2)ns1. The van der Waals surface area contributed by atoms with Gasteiger partial charge in [0.15, 0.2) is 15.7 Å². The van der Waals surface area contributed by atoms with Crippen LogP contribution in [-0.4, -0.2) is 29.4 Å². The fourth-order valence-electron chi connectivity index (χ4n) is 3.26. The molecule has 150 valence electrons. The van der Waals surface area contributed by atoms with Crippen molar-refractivity contribution in [3.05, 3.63) is 59.4 Å². The first-order chi connectivity index (χ1) is 13.9. The lowest BCUT2D eigenvalue weighted by molar-refractivity contribution is -0.115. The summed E-state index contributed by atoms with van der Waals surface area (Å²) in [5.41, 5.74) is 2.91. The van der Waals surface area contributed by atoms with Crippen molar-refractivity contribution in [3.63, 3.8) is 0 Å². The molecule has 0 atom stereocenters. The van der Waals surface area contributed by atoms with Crippen LogP contribution >= 0.6 is 11.5 Å². The van der Waals surface area contributed by atoms with E-state index in [0.29, 0.717) is 11.4 Å². The number of aryl methyl sites for hydroxylation is 2. The molecule has 0 unspecified atom stereocenters. The van der Waals surface area contributed by atoms with Crippen LogP contribution in [0.15, 0.2) is 47.4 Å². The predicted molar refractivity (Wildman–Crippen MR) is 109 cm³/mol. The minimum absolute atomic E-state index is 0.176. The number of nitrogens with one attached hydrogen (secondary N) is 1. The third-order valence-electron chi connectivity index (χ3n) is 4.80. The number of fused-ring (bicyclic) bond motifs is 1. The highest BCUT2D eigenvalue weighted by Gasteiger charge is 2.20. The van der Waals surface area contributed by atoms with E-state index in [-0.39, 0.29) is 28.0 Å². The molecule has 0 saturated heterocycles. The highest BCUT2D eigenvalue weighted by Crippen LogP contribution is 2.26. The number of nitrogens with zero attached hydrogens (tertiary/aromatic N) is 2. The summed E-state index contributed by atoms with van der Waals surface area (Å²) in [7, 11) is -3.54. The molecule has 1 N–H and O–H groups in total. The van der Waals surface area contributed by atoms with E-state index in [1.165, 1.54) is 17.7 Å². The molecule has 29 heavy (non-hydrogen) atoms. The van der Waals surface area contributed by atoms with Gasteiger partial charge < -0.3 is 5.32 Å². The number of rotatable bonds is 6. The number of amides is 1. The predicted octanol–water partition coefficient (Wildman–Crippen LogP) is 3.64. The number of benzene rings is 2. The average molecular weight is 432 g/mol. The van der Waals surface area contributed by atoms with Gasteiger partial charge in [0.05, 0.1) is 10.6 Å². The van der Waals surface area contributed by atoms with Gasteiger partial charge in [0.2, 0.25) is 11.0 Å². The first-order valence-corrected chi connectivity index (χ1v) is 11.6. The van der Waals surface area contributed by atoms with Crippen LogP contribution in [0.4, 0.5) is 9.52 Å². The largest absolute Gasteiger partial charge is 0.301 e. The van der Waals surface area contributed by atoms with Crippen LogP contribution in [0.2, 0.25) is 0 Å². The van der Waals surface area contributed by atoms with Crippen molar-refractivity contribution in [2.45, 2.75) is 30.6 Å². The minimum atomic E-state index is -3.54. The zero-order chi connectivity index (χ0) is 20.4. The summed E-state index contributed by atoms with van der Waals surface area (Å²) in [6, 6.07) is 10.9. The van der Waals surface area contributed by atoms with Gasteiger partial charge in [-0.3, -0.25) is 4.79 Å². The molecule has 1 heterocycles. The van der Waals surface area contributed by atoms with Gasteiger partial charge >= 0.3 is 0 Å². The van der Waals surface area contributed by atoms with Crippen LogP contribution in [0, 0.1) is 5.82 Å². The number of aromatic nitrogens is 2. The van der Waals surface area contributed by atoms with Crippen molar-refractivity contribution < 1.29 is 17.6 Å². The first kappa shape index (κ1) is 19.7. The lowest BCUT2D eigenvalue weighted by atomic mass is 10.1. The van der Waals surface area contributed by atoms with Gasteiger partial charge in [-0.15, -0.1) is 0 Å². The van der Waals surface area contributed by atoms with Gasteiger partial charge in [-0.2, -0.15) is 9.36 Å². The van der Waals surface area contributed by atoms with Gasteiger partial charge in [0, 0.05) is 23.5 Å². The molecule has 1 aliphatic rings. The van der Waals surface area contributed by atoms with E-state index in [9.17, 15) is 17.6 Å². The zero-order valence-corrected chi connectivity index (χ0v) is 17.0. The summed E-state index contributed by atoms with van der Waals surface area (Å²) < 4.78 is 42.3. The lowest BCUT2D eigenvalue weighted by Crippen LogP contribution is -2.17. The normalized spacial score (nSPS) is 13.3. The molecular formula is C20H18FN3O3S2. The van der Waals surface area contributed by atoms with Crippen LogP contribution < -0.4 is 5.32 Å². The van der Waals surface area contributed by atoms with Crippen LogP contribution in [-0.2, 0) is 27.5 Å². The highest BCUT2D eigenvalue weighted by atomic mass is 32.2. The monoisotopic (exact) mass is 431 g/mol. The van der Waals surface area contributed by atoms with E-state index >= 15 is 0 Å². The van der Waals surface area contributed by atoms with E-state index in [2.05, 4.69) is 14.7 Å². The van der Waals surface area contributed by atoms with Crippen molar-refractivity contribution in [1.82, 2.24) is 9.36 Å². The molecule has 3 aromatic rings. The maximum Gasteiger partial charge on any atom is 0.227 e. The third kappa shape index (κ3) is 4.51. The van der Waals surface area contributed by atoms with E-state index in [0.717, 1.165) is 36.4 Å². The molecular weight excluding hydrogens is 413 g/mol. The molecule has 9 heteroatoms. The Bertz CT molecular complexity index is 1160. The number of carbonyl (C=O) groups excluding carboxylic acids is 1. The zero-order valence-electron chi connectivity index (χ0n) is 15.4. The fraction of sp³-hybridized carbons (Fsp3) is 0.250. The molecule has 0 aliphatic heterocycles. The molecule has 4 rings (SSSR count). The van der Waals surface area contributed by atoms with Crippen molar-refractivity contribution in [3.8, 4) is 11.4 Å². The van der Waals surface area contributed by atoms with Gasteiger partial charge in [0.25, 0.3) is 0 Å². The standard InChI is InChI=1S/C20H18FN3O3S2/c21-16-7-4-14(5-8-16)19-23-20(28-24-19)22-18(25)10-11-29(26,27)17-9-6-13-2-1-3-15(13)12-17/h4-9,12H,1-3,10-11H2,(H,22,23,24,25). The van der Waals surface area contributed by atoms with Crippen LogP contribution in [0.25, 0.3) is 11.4 Å². The van der Waals surface area contributed by atoms with Crippen molar-refractivity contribution in [2.24, 2.45) is 0 Å². The summed E-state index contributed by atoms with van der Waals surface area (Å²) in [6.07, 6.45) is 2.75. The van der Waals surface area contributed by atoms with Gasteiger partial charge in [-0.1, -0.05) is 6.07 Å². The van der Waals surface area contributed by atoms with Gasteiger partial charge in [0.1, 0.15) is 5.82 Å². The van der Waals surface area contributed by atoms with Crippen molar-refractivity contribution in [1.29, 1.82) is 0 Å². The topological polar surface area (TPSA) is 89.0 Å². The molecule has 6 nitrogen and oxygen atoms in total. The summed E-state index contributed by atoms with van der Waals surface area (Å²) in [6.45, 7) is 0. The Labute approximate surface area is 171 Å². The fourth-order valence-corrected chi connectivity index (χ4v) is 5.15. The second-order valence-corrected chi connectivity index (χ2v) is 9.69. The smallest absolute Gasteiger partial charge is 0.227 e. The third-order valence-corrected chi connectivity index (χ3v) is 7.15. The molecule has 1 aliphatic carbocycles. The van der Waals surface area contributed by atoms with E-state index < -0.39 is 15.7 Å². The van der Waals surface area contributed by atoms with Crippen molar-refractivity contribution >= 4 is 32.4 Å². The number of sulfone groups is 1. The molecule has 0 radical (unpaired) electrons. The van der Waals surface area contributed by atoms with Gasteiger partial charge in [-0.25, -0.2) is 12.8 Å². The lowest BCUT2D eigenvalue weighted by Gasteiger charge is -2.07.